The van der Waals surface area contributed by atoms with Crippen LogP contribution in [0.25, 0.3) is 0 Å². The summed E-state index contributed by atoms with van der Waals surface area (Å²) in [5.41, 5.74) is 3.52. The maximum atomic E-state index is 12.1. The number of hydrogen-bond acceptors (Lipinski definition) is 5. The van der Waals surface area contributed by atoms with E-state index in [2.05, 4.69) is 25.5 Å². The second-order valence-electron chi connectivity index (χ2n) is 5.70. The first kappa shape index (κ1) is 16.2. The SMILES string of the molecule is Cc1cccc(NC(=O)Nc2cnc(N3CCOCC3)nc2)c1C. The summed E-state index contributed by atoms with van der Waals surface area (Å²) in [4.78, 5) is 22.8. The normalized spacial score (nSPS) is 14.3. The van der Waals surface area contributed by atoms with Crippen molar-refractivity contribution in [2.24, 2.45) is 0 Å². The van der Waals surface area contributed by atoms with Gasteiger partial charge in [0.1, 0.15) is 0 Å². The standard InChI is InChI=1S/C17H21N5O2/c1-12-4-3-5-15(13(12)2)21-17(23)20-14-10-18-16(19-11-14)22-6-8-24-9-7-22/h3-5,10-11H,6-9H2,1-2H3,(H2,20,21,23). The van der Waals surface area contributed by atoms with Crippen molar-refractivity contribution in [2.45, 2.75) is 13.8 Å². The van der Waals surface area contributed by atoms with E-state index in [1.807, 2.05) is 32.0 Å². The number of carbonyl (C=O) groups is 1. The van der Waals surface area contributed by atoms with Gasteiger partial charge in [0, 0.05) is 18.8 Å². The molecule has 2 aromatic rings. The molecule has 1 fully saturated rings. The first-order valence-corrected chi connectivity index (χ1v) is 7.92. The summed E-state index contributed by atoms with van der Waals surface area (Å²) in [6.45, 7) is 6.91. The Hall–Kier alpha value is -2.67. The van der Waals surface area contributed by atoms with E-state index in [1.165, 1.54) is 0 Å². The molecule has 0 atom stereocenters. The van der Waals surface area contributed by atoms with Crippen molar-refractivity contribution in [1.29, 1.82) is 0 Å². The van der Waals surface area contributed by atoms with Crippen LogP contribution in [0.15, 0.2) is 30.6 Å². The summed E-state index contributed by atoms with van der Waals surface area (Å²) in [7, 11) is 0. The topological polar surface area (TPSA) is 79.4 Å². The van der Waals surface area contributed by atoms with E-state index in [1.54, 1.807) is 12.4 Å². The van der Waals surface area contributed by atoms with Crippen LogP contribution in [0.4, 0.5) is 22.1 Å². The lowest BCUT2D eigenvalue weighted by atomic mass is 10.1. The van der Waals surface area contributed by atoms with E-state index >= 15 is 0 Å². The van der Waals surface area contributed by atoms with Crippen LogP contribution in [-0.4, -0.2) is 42.3 Å². The molecule has 0 bridgehead atoms. The molecule has 7 heteroatoms. The summed E-state index contributed by atoms with van der Waals surface area (Å²) >= 11 is 0. The molecule has 1 aromatic carbocycles. The molecular weight excluding hydrogens is 306 g/mol. The monoisotopic (exact) mass is 327 g/mol. The third kappa shape index (κ3) is 3.80. The van der Waals surface area contributed by atoms with Gasteiger partial charge in [-0.15, -0.1) is 0 Å². The van der Waals surface area contributed by atoms with Crippen LogP contribution in [0, 0.1) is 13.8 Å². The first-order chi connectivity index (χ1) is 11.6. The lowest BCUT2D eigenvalue weighted by molar-refractivity contribution is 0.122. The smallest absolute Gasteiger partial charge is 0.323 e. The Balaban J connectivity index is 1.61. The summed E-state index contributed by atoms with van der Waals surface area (Å²) < 4.78 is 5.31. The number of ether oxygens (including phenoxy) is 1. The molecule has 1 aromatic heterocycles. The van der Waals surface area contributed by atoms with Gasteiger partial charge >= 0.3 is 6.03 Å². The van der Waals surface area contributed by atoms with Gasteiger partial charge in [0.05, 0.1) is 31.3 Å². The van der Waals surface area contributed by atoms with E-state index in [0.717, 1.165) is 29.9 Å². The van der Waals surface area contributed by atoms with Crippen molar-refractivity contribution in [3.8, 4) is 0 Å². The van der Waals surface area contributed by atoms with Crippen LogP contribution in [0.3, 0.4) is 0 Å². The van der Waals surface area contributed by atoms with E-state index in [4.69, 9.17) is 4.74 Å². The van der Waals surface area contributed by atoms with Gasteiger partial charge in [0.25, 0.3) is 0 Å². The molecule has 0 radical (unpaired) electrons. The number of nitrogens with zero attached hydrogens (tertiary/aromatic N) is 3. The third-order valence-corrected chi connectivity index (χ3v) is 4.04. The van der Waals surface area contributed by atoms with Crippen LogP contribution < -0.4 is 15.5 Å². The van der Waals surface area contributed by atoms with Gasteiger partial charge in [-0.25, -0.2) is 14.8 Å². The summed E-state index contributed by atoms with van der Waals surface area (Å²) in [6, 6.07) is 5.49. The Kier molecular flexibility index (Phi) is 4.90. The number of urea groups is 1. The van der Waals surface area contributed by atoms with E-state index < -0.39 is 0 Å². The molecule has 0 unspecified atom stereocenters. The van der Waals surface area contributed by atoms with Crippen molar-refractivity contribution in [3.63, 3.8) is 0 Å². The zero-order chi connectivity index (χ0) is 16.9. The van der Waals surface area contributed by atoms with Gasteiger partial charge in [-0.05, 0) is 31.0 Å². The number of aromatic nitrogens is 2. The number of nitrogens with one attached hydrogen (secondary N) is 2. The van der Waals surface area contributed by atoms with Gasteiger partial charge in [0.15, 0.2) is 0 Å². The predicted octanol–water partition coefficient (Wildman–Crippen LogP) is 2.57. The van der Waals surface area contributed by atoms with E-state index in [0.29, 0.717) is 24.8 Å². The largest absolute Gasteiger partial charge is 0.378 e. The maximum absolute atomic E-state index is 12.1. The van der Waals surface area contributed by atoms with Gasteiger partial charge in [0.2, 0.25) is 5.95 Å². The second-order valence-corrected chi connectivity index (χ2v) is 5.70. The summed E-state index contributed by atoms with van der Waals surface area (Å²) in [5, 5.41) is 5.59. The van der Waals surface area contributed by atoms with Gasteiger partial charge < -0.3 is 20.3 Å². The fraction of sp³-hybridized carbons (Fsp3) is 0.353. The number of benzene rings is 1. The highest BCUT2D eigenvalue weighted by atomic mass is 16.5. The number of carbonyl (C=O) groups excluding carboxylic acids is 1. The molecule has 2 N–H and O–H groups in total. The zero-order valence-corrected chi connectivity index (χ0v) is 13.9. The molecule has 1 aliphatic rings. The first-order valence-electron chi connectivity index (χ1n) is 7.92. The predicted molar refractivity (Wildman–Crippen MR) is 93.6 cm³/mol. The Morgan fingerprint density at radius 1 is 1.12 bits per heavy atom. The van der Waals surface area contributed by atoms with Crippen molar-refractivity contribution in [3.05, 3.63) is 41.7 Å². The van der Waals surface area contributed by atoms with Gasteiger partial charge in [-0.2, -0.15) is 0 Å². The lowest BCUT2D eigenvalue weighted by Crippen LogP contribution is -2.37. The van der Waals surface area contributed by atoms with Crippen LogP contribution >= 0.6 is 0 Å². The molecule has 2 heterocycles. The van der Waals surface area contributed by atoms with Crippen molar-refractivity contribution >= 4 is 23.4 Å². The average molecular weight is 327 g/mol. The van der Waals surface area contributed by atoms with Crippen molar-refractivity contribution < 1.29 is 9.53 Å². The molecule has 24 heavy (non-hydrogen) atoms. The minimum absolute atomic E-state index is 0.313. The quantitative estimate of drug-likeness (QED) is 0.906. The summed E-state index contributed by atoms with van der Waals surface area (Å²) in [6.07, 6.45) is 3.22. The number of anilines is 3. The van der Waals surface area contributed by atoms with Crippen LogP contribution in [-0.2, 0) is 4.74 Å². The molecular formula is C17H21N5O2. The average Bonchev–Trinajstić information content (AvgIpc) is 2.60. The second kappa shape index (κ2) is 7.27. The highest BCUT2D eigenvalue weighted by Crippen LogP contribution is 2.18. The molecule has 0 aliphatic carbocycles. The van der Waals surface area contributed by atoms with Crippen molar-refractivity contribution in [2.75, 3.05) is 41.8 Å². The number of rotatable bonds is 3. The number of aryl methyl sites for hydroxylation is 1. The highest BCUT2D eigenvalue weighted by molar-refractivity contribution is 6.00. The number of morpholine rings is 1. The molecule has 0 spiro atoms. The fourth-order valence-electron chi connectivity index (χ4n) is 2.48. The van der Waals surface area contributed by atoms with Gasteiger partial charge in [-0.1, -0.05) is 12.1 Å². The Labute approximate surface area is 141 Å². The molecule has 7 nitrogen and oxygen atoms in total. The molecule has 126 valence electrons. The minimum atomic E-state index is -0.313. The zero-order valence-electron chi connectivity index (χ0n) is 13.9. The minimum Gasteiger partial charge on any atom is -0.378 e. The van der Waals surface area contributed by atoms with E-state index in [-0.39, 0.29) is 6.03 Å². The van der Waals surface area contributed by atoms with Crippen LogP contribution in [0.5, 0.6) is 0 Å². The Morgan fingerprint density at radius 3 is 2.54 bits per heavy atom. The lowest BCUT2D eigenvalue weighted by Gasteiger charge is -2.26. The van der Waals surface area contributed by atoms with Crippen LogP contribution in [0.1, 0.15) is 11.1 Å². The van der Waals surface area contributed by atoms with Crippen molar-refractivity contribution in [1.82, 2.24) is 9.97 Å². The fourth-order valence-corrected chi connectivity index (χ4v) is 2.48. The number of hydrogen-bond donors (Lipinski definition) is 2. The highest BCUT2D eigenvalue weighted by Gasteiger charge is 2.13. The maximum Gasteiger partial charge on any atom is 0.323 e. The molecule has 1 aliphatic heterocycles. The number of amides is 2. The molecule has 0 saturated carbocycles. The summed E-state index contributed by atoms with van der Waals surface area (Å²) in [5.74, 6) is 0.652. The van der Waals surface area contributed by atoms with E-state index in [9.17, 15) is 4.79 Å². The Morgan fingerprint density at radius 2 is 1.83 bits per heavy atom. The van der Waals surface area contributed by atoms with Gasteiger partial charge in [-0.3, -0.25) is 0 Å². The molecule has 1 saturated heterocycles. The molecule has 3 rings (SSSR count). The molecule has 2 amide bonds. The van der Waals surface area contributed by atoms with Crippen LogP contribution in [0.2, 0.25) is 0 Å². The third-order valence-electron chi connectivity index (χ3n) is 4.04. The Bertz CT molecular complexity index is 711.